The molecule has 0 aliphatic heterocycles. The van der Waals surface area contributed by atoms with Crippen molar-refractivity contribution < 1.29 is 146 Å². The highest BCUT2D eigenvalue weighted by molar-refractivity contribution is 6.14. The number of phenols is 10. The largest absolute Gasteiger partial charge is 0.504 e. The minimum atomic E-state index is -0.347. The third-order valence-electron chi connectivity index (χ3n) is 18.4. The van der Waals surface area contributed by atoms with E-state index in [9.17, 15) is 99.0 Å². The Bertz CT molecular complexity index is 4980. The van der Waals surface area contributed by atoms with Crippen LogP contribution in [-0.4, -0.2) is 180 Å². The van der Waals surface area contributed by atoms with Crippen LogP contribution in [0, 0.1) is 0 Å². The molecular weight excluding hydrogens is 1740 g/mol. The van der Waals surface area contributed by atoms with Crippen molar-refractivity contribution in [3.63, 3.8) is 0 Å². The van der Waals surface area contributed by atoms with Gasteiger partial charge >= 0.3 is 0 Å². The number of ketones is 10. The van der Waals surface area contributed by atoms with Gasteiger partial charge in [0.2, 0.25) is 0 Å². The fourth-order valence-electron chi connectivity index (χ4n) is 11.3. The van der Waals surface area contributed by atoms with Crippen LogP contribution in [0.2, 0.25) is 0 Å². The monoisotopic (exact) mass is 1840 g/mol. The Labute approximate surface area is 777 Å². The Morgan fingerprint density at radius 3 is 0.319 bits per heavy atom. The average molecular weight is 1840 g/mol. The van der Waals surface area contributed by atoms with Crippen LogP contribution < -0.4 is 47.4 Å². The quantitative estimate of drug-likeness (QED) is 0.0126. The summed E-state index contributed by atoms with van der Waals surface area (Å²) in [6, 6.07) is 46.7. The van der Waals surface area contributed by atoms with Gasteiger partial charge in [0.25, 0.3) is 0 Å². The Balaban J connectivity index is 0.000000259. The fraction of sp³-hybridized carbons (Fsp3) is 0.143. The molecule has 0 aliphatic carbocycles. The van der Waals surface area contributed by atoms with E-state index in [0.29, 0.717) is 113 Å². The predicted molar refractivity (Wildman–Crippen MR) is 510 cm³/mol. The molecule has 0 aliphatic rings. The van der Waals surface area contributed by atoms with Gasteiger partial charge in [-0.1, -0.05) is 121 Å². The number of ether oxygens (including phenoxy) is 10. The van der Waals surface area contributed by atoms with Gasteiger partial charge in [0.15, 0.2) is 173 Å². The first-order valence-corrected chi connectivity index (χ1v) is 40.4. The summed E-state index contributed by atoms with van der Waals surface area (Å²) in [5, 5.41) is 95.4. The lowest BCUT2D eigenvalue weighted by Gasteiger charge is -2.03. The first kappa shape index (κ1) is 106. The summed E-state index contributed by atoms with van der Waals surface area (Å²) < 4.78 is 50.0. The molecule has 0 saturated heterocycles. The van der Waals surface area contributed by atoms with Crippen molar-refractivity contribution in [3.8, 4) is 115 Å². The molecule has 0 unspecified atom stereocenters. The maximum absolute atomic E-state index is 11.9. The molecule has 0 fully saturated rings. The van der Waals surface area contributed by atoms with Gasteiger partial charge in [-0.3, -0.25) is 47.9 Å². The summed E-state index contributed by atoms with van der Waals surface area (Å²) in [4.78, 5) is 119. The molecule has 10 N–H and O–H groups in total. The van der Waals surface area contributed by atoms with Gasteiger partial charge in [-0.05, 0) is 238 Å². The molecule has 10 aromatic rings. The SMILES string of the molecule is COc1cc(C=CC(=O)CC(=O)C=Cc2ccc(O)c(OC)c2)ccc1O.COc1cc(C=CC(=O)CC(=O)C=Cc2ccc(O)c(OC)c2)ccc1O.COc1cc(C=CC(=O)CC(=O)C=Cc2ccc(O)c(OC)c2)ccc1O.COc1cc(C=CC(=O)CC(=O)C=Cc2ccc(O)c(OC)c2)ccc1O.COc1cc(C=CC(=O)CC(=O)C=Cc2ccc(O)c(OC)c2)ccc1O. The van der Waals surface area contributed by atoms with Gasteiger partial charge in [-0.15, -0.1) is 0 Å². The van der Waals surface area contributed by atoms with Crippen molar-refractivity contribution in [2.75, 3.05) is 71.1 Å². The van der Waals surface area contributed by atoms with Crippen LogP contribution in [0.5, 0.6) is 115 Å². The Hall–Kier alpha value is -17.7. The van der Waals surface area contributed by atoms with E-state index < -0.39 is 0 Å². The fourth-order valence-corrected chi connectivity index (χ4v) is 11.3. The van der Waals surface area contributed by atoms with Crippen molar-refractivity contribution in [2.24, 2.45) is 0 Å². The standard InChI is InChI=1S/5C21H20O6/c5*1-26-20-11-14(5-9-18(20)24)3-7-16(22)13-17(23)8-4-15-6-10-19(25)21(12-15)27-2/h5*3-12,24-25H,13H2,1-2H3. The molecule has 10 aromatic carbocycles. The second kappa shape index (κ2) is 55.2. The molecule has 0 saturated carbocycles. The summed E-state index contributed by atoms with van der Waals surface area (Å²) >= 11 is 0. The number of carbonyl (C=O) groups is 10. The molecule has 0 spiro atoms. The zero-order valence-corrected chi connectivity index (χ0v) is 75.0. The highest BCUT2D eigenvalue weighted by Crippen LogP contribution is 2.35. The molecule has 0 aromatic heterocycles. The average Bonchev–Trinajstić information content (AvgIpc) is 0.924. The lowest BCUT2D eigenvalue weighted by Crippen LogP contribution is -2.01. The summed E-state index contributed by atoms with van der Waals surface area (Å²) in [7, 11) is 14.3. The van der Waals surface area contributed by atoms with Gasteiger partial charge in [-0.25, -0.2) is 0 Å². The zero-order chi connectivity index (χ0) is 99.1. The molecule has 0 atom stereocenters. The summed E-state index contributed by atoms with van der Waals surface area (Å²) in [5.41, 5.74) is 6.64. The lowest BCUT2D eigenvalue weighted by atomic mass is 10.1. The van der Waals surface area contributed by atoms with E-state index in [1.165, 1.54) is 193 Å². The second-order valence-electron chi connectivity index (χ2n) is 28.2. The van der Waals surface area contributed by atoms with Crippen molar-refractivity contribution in [2.45, 2.75) is 32.1 Å². The lowest BCUT2D eigenvalue weighted by molar-refractivity contribution is -0.123. The molecule has 10 rings (SSSR count). The van der Waals surface area contributed by atoms with E-state index in [1.807, 2.05) is 0 Å². The van der Waals surface area contributed by atoms with Crippen LogP contribution in [0.1, 0.15) is 87.7 Å². The van der Waals surface area contributed by atoms with Gasteiger partial charge < -0.3 is 98.4 Å². The van der Waals surface area contributed by atoms with Crippen LogP contribution in [0.3, 0.4) is 0 Å². The predicted octanol–water partition coefficient (Wildman–Crippen LogP) is 16.8. The number of methoxy groups -OCH3 is 10. The maximum Gasteiger partial charge on any atom is 0.163 e. The first-order valence-electron chi connectivity index (χ1n) is 40.4. The molecule has 0 amide bonds. The van der Waals surface area contributed by atoms with Crippen LogP contribution in [0.4, 0.5) is 0 Å². The number of hydrogen-bond acceptors (Lipinski definition) is 30. The third-order valence-corrected chi connectivity index (χ3v) is 18.4. The number of allylic oxidation sites excluding steroid dienone is 10. The van der Waals surface area contributed by atoms with Crippen molar-refractivity contribution in [3.05, 3.63) is 298 Å². The number of benzene rings is 10. The number of phenolic OH excluding ortho intramolecular Hbond substituents is 10. The van der Waals surface area contributed by atoms with Crippen LogP contribution in [-0.2, 0) is 47.9 Å². The zero-order valence-electron chi connectivity index (χ0n) is 75.0. The van der Waals surface area contributed by atoms with E-state index in [4.69, 9.17) is 47.4 Å². The van der Waals surface area contributed by atoms with Gasteiger partial charge in [0.05, 0.1) is 103 Å². The topological polar surface area (TPSA) is 465 Å². The minimum absolute atomic E-state index is 0.00662. The Kier molecular flexibility index (Phi) is 43.4. The highest BCUT2D eigenvalue weighted by Gasteiger charge is 2.15. The molecule has 0 heterocycles. The molecule has 700 valence electrons. The summed E-state index contributed by atoms with van der Waals surface area (Å²) in [6.45, 7) is 0. The van der Waals surface area contributed by atoms with Gasteiger partial charge in [-0.2, -0.15) is 0 Å². The molecule has 30 heteroatoms. The van der Waals surface area contributed by atoms with Gasteiger partial charge in [0, 0.05) is 0 Å². The third kappa shape index (κ3) is 37.1. The summed E-state index contributed by atoms with van der Waals surface area (Å²) in [6.07, 6.45) is 27.2. The highest BCUT2D eigenvalue weighted by atomic mass is 16.5. The normalized spacial score (nSPS) is 11.0. The Morgan fingerprint density at radius 2 is 0.244 bits per heavy atom. The minimum Gasteiger partial charge on any atom is -0.504 e. The van der Waals surface area contributed by atoms with Crippen molar-refractivity contribution in [1.82, 2.24) is 0 Å². The number of rotatable bonds is 40. The van der Waals surface area contributed by atoms with Crippen LogP contribution in [0.25, 0.3) is 60.8 Å². The first-order chi connectivity index (χ1) is 64.6. The Morgan fingerprint density at radius 1 is 0.163 bits per heavy atom. The van der Waals surface area contributed by atoms with E-state index >= 15 is 0 Å². The van der Waals surface area contributed by atoms with E-state index in [1.54, 1.807) is 182 Å². The van der Waals surface area contributed by atoms with Crippen LogP contribution >= 0.6 is 0 Å². The number of aromatic hydroxyl groups is 10. The van der Waals surface area contributed by atoms with E-state index in [-0.39, 0.29) is 147 Å². The van der Waals surface area contributed by atoms with Gasteiger partial charge in [0.1, 0.15) is 0 Å². The number of hydrogen-bond donors (Lipinski definition) is 10. The second-order valence-corrected chi connectivity index (χ2v) is 28.2. The maximum atomic E-state index is 11.9. The van der Waals surface area contributed by atoms with Crippen molar-refractivity contribution in [1.29, 1.82) is 0 Å². The molecule has 0 bridgehead atoms. The van der Waals surface area contributed by atoms with Crippen LogP contribution in [0.15, 0.2) is 243 Å². The van der Waals surface area contributed by atoms with Crippen molar-refractivity contribution >= 4 is 119 Å². The van der Waals surface area contributed by atoms with E-state index in [2.05, 4.69) is 0 Å². The van der Waals surface area contributed by atoms with E-state index in [0.717, 1.165) is 0 Å². The smallest absolute Gasteiger partial charge is 0.163 e. The summed E-state index contributed by atoms with van der Waals surface area (Å²) in [5.74, 6) is -0.416. The number of carbonyl (C=O) groups excluding carboxylic acids is 10. The molecule has 30 nitrogen and oxygen atoms in total. The molecular formula is C105H100O30. The molecule has 0 radical (unpaired) electrons. The molecule has 135 heavy (non-hydrogen) atoms.